The first-order chi connectivity index (χ1) is 15.9. The summed E-state index contributed by atoms with van der Waals surface area (Å²) in [6, 6.07) is 6.58. The Balaban J connectivity index is 1.98. The molecular formula is C19H16ClF3N4O6S. The molecule has 0 aliphatic rings. The van der Waals surface area contributed by atoms with Crippen LogP contribution < -0.4 is 14.8 Å². The van der Waals surface area contributed by atoms with Crippen LogP contribution in [0.15, 0.2) is 41.6 Å². The summed E-state index contributed by atoms with van der Waals surface area (Å²) in [5.74, 6) is -1.95. The lowest BCUT2D eigenvalue weighted by molar-refractivity contribution is -0.219. The smallest absolute Gasteiger partial charge is 0.492 e. The van der Waals surface area contributed by atoms with E-state index in [0.29, 0.717) is 23.7 Å². The summed E-state index contributed by atoms with van der Waals surface area (Å²) in [7, 11) is -1.14. The highest BCUT2D eigenvalue weighted by molar-refractivity contribution is 7.89. The molecular weight excluding hydrogens is 505 g/mol. The van der Waals surface area contributed by atoms with Gasteiger partial charge >= 0.3 is 12.1 Å². The first-order valence-electron chi connectivity index (χ1n) is 9.10. The van der Waals surface area contributed by atoms with E-state index in [1.165, 1.54) is 32.7 Å². The van der Waals surface area contributed by atoms with E-state index in [2.05, 4.69) is 20.1 Å². The monoisotopic (exact) mass is 520 g/mol. The fourth-order valence-electron chi connectivity index (χ4n) is 2.81. The molecule has 0 unspecified atom stereocenters. The van der Waals surface area contributed by atoms with Crippen molar-refractivity contribution in [3.05, 3.63) is 41.7 Å². The highest BCUT2D eigenvalue weighted by Gasteiger charge is 2.43. The van der Waals surface area contributed by atoms with Gasteiger partial charge in [0.25, 0.3) is 10.0 Å². The second kappa shape index (κ2) is 9.48. The van der Waals surface area contributed by atoms with Crippen molar-refractivity contribution in [1.82, 2.24) is 14.4 Å². The lowest BCUT2D eigenvalue weighted by atomic mass is 10.2. The predicted molar refractivity (Wildman–Crippen MR) is 114 cm³/mol. The van der Waals surface area contributed by atoms with E-state index in [1.807, 2.05) is 0 Å². The molecule has 0 aliphatic heterocycles. The number of halogens is 4. The minimum atomic E-state index is -5.37. The number of fused-ring (bicyclic) bond motifs is 1. The number of hydroxylamine groups is 1. The number of carbonyl (C=O) groups is 1. The standard InChI is InChI=1S/C19H16ClF3N4O6S/c1-27(33-18(28)19(21,22)23)34(29,30)11-6-4-5-10(7-11)26-17-14-12(24-9-25-17)8-13(31-2)16(32-3)15(14)20/h4-9H,1-3H3,(H,24,25,26). The molecule has 182 valence electrons. The number of hydrogen-bond donors (Lipinski definition) is 1. The second-order valence-corrected chi connectivity index (χ2v) is 8.80. The molecule has 0 atom stereocenters. The molecule has 15 heteroatoms. The fraction of sp³-hybridized carbons (Fsp3) is 0.211. The maximum absolute atomic E-state index is 12.6. The highest BCUT2D eigenvalue weighted by Crippen LogP contribution is 2.42. The maximum Gasteiger partial charge on any atom is 0.492 e. The van der Waals surface area contributed by atoms with Crippen LogP contribution in [0.2, 0.25) is 5.02 Å². The van der Waals surface area contributed by atoms with E-state index >= 15 is 0 Å². The average molecular weight is 521 g/mol. The van der Waals surface area contributed by atoms with Crippen molar-refractivity contribution in [2.75, 3.05) is 26.6 Å². The summed E-state index contributed by atoms with van der Waals surface area (Å²) >= 11 is 6.46. The van der Waals surface area contributed by atoms with Crippen LogP contribution >= 0.6 is 11.6 Å². The molecule has 0 fully saturated rings. The van der Waals surface area contributed by atoms with Crippen molar-refractivity contribution in [2.24, 2.45) is 0 Å². The van der Waals surface area contributed by atoms with Crippen molar-refractivity contribution in [1.29, 1.82) is 0 Å². The van der Waals surface area contributed by atoms with Crippen LogP contribution in [-0.4, -0.2) is 56.3 Å². The lowest BCUT2D eigenvalue weighted by Gasteiger charge is -2.18. The summed E-state index contributed by atoms with van der Waals surface area (Å²) in [4.78, 5) is 22.7. The lowest BCUT2D eigenvalue weighted by Crippen LogP contribution is -2.36. The van der Waals surface area contributed by atoms with Gasteiger partial charge in [-0.3, -0.25) is 0 Å². The highest BCUT2D eigenvalue weighted by atomic mass is 35.5. The van der Waals surface area contributed by atoms with Gasteiger partial charge in [-0.25, -0.2) is 23.2 Å². The minimum absolute atomic E-state index is 0.127. The van der Waals surface area contributed by atoms with Gasteiger partial charge in [-0.15, -0.1) is 0 Å². The van der Waals surface area contributed by atoms with Crippen LogP contribution in [0.3, 0.4) is 0 Å². The number of methoxy groups -OCH3 is 2. The predicted octanol–water partition coefficient (Wildman–Crippen LogP) is 3.69. The number of sulfonamides is 1. The van der Waals surface area contributed by atoms with Gasteiger partial charge in [0.1, 0.15) is 12.1 Å². The topological polar surface area (TPSA) is 120 Å². The molecule has 0 aliphatic carbocycles. The molecule has 0 spiro atoms. The van der Waals surface area contributed by atoms with Crippen LogP contribution in [-0.2, 0) is 19.7 Å². The third kappa shape index (κ3) is 4.93. The number of aromatic nitrogens is 2. The van der Waals surface area contributed by atoms with Crippen molar-refractivity contribution < 1.29 is 40.7 Å². The van der Waals surface area contributed by atoms with Gasteiger partial charge in [0, 0.05) is 18.8 Å². The normalized spacial score (nSPS) is 12.0. The third-order valence-corrected chi connectivity index (χ3v) is 6.35. The van der Waals surface area contributed by atoms with E-state index in [0.717, 1.165) is 12.1 Å². The zero-order chi connectivity index (χ0) is 25.3. The van der Waals surface area contributed by atoms with Gasteiger partial charge in [0.2, 0.25) is 0 Å². The van der Waals surface area contributed by atoms with Gasteiger partial charge in [-0.1, -0.05) is 17.7 Å². The fourth-order valence-corrected chi connectivity index (χ4v) is 4.16. The zero-order valence-electron chi connectivity index (χ0n) is 17.7. The van der Waals surface area contributed by atoms with Gasteiger partial charge in [0.05, 0.1) is 35.0 Å². The Labute approximate surface area is 196 Å². The van der Waals surface area contributed by atoms with E-state index in [9.17, 15) is 26.4 Å². The number of ether oxygens (including phenoxy) is 2. The first kappa shape index (κ1) is 25.3. The van der Waals surface area contributed by atoms with E-state index in [1.54, 1.807) is 6.07 Å². The molecule has 0 saturated heterocycles. The molecule has 3 aromatic rings. The Morgan fingerprint density at radius 1 is 1.15 bits per heavy atom. The van der Waals surface area contributed by atoms with Crippen molar-refractivity contribution in [2.45, 2.75) is 11.1 Å². The quantitative estimate of drug-likeness (QED) is 0.465. The van der Waals surface area contributed by atoms with Gasteiger partial charge in [0.15, 0.2) is 11.5 Å². The number of anilines is 2. The Bertz CT molecular complexity index is 1350. The molecule has 10 nitrogen and oxygen atoms in total. The number of benzene rings is 2. The molecule has 0 bridgehead atoms. The average Bonchev–Trinajstić information content (AvgIpc) is 2.78. The summed E-state index contributed by atoms with van der Waals surface area (Å²) in [5, 5.41) is 3.36. The Hall–Kier alpha value is -3.36. The van der Waals surface area contributed by atoms with Crippen LogP contribution in [0.5, 0.6) is 11.5 Å². The molecule has 0 radical (unpaired) electrons. The van der Waals surface area contributed by atoms with Crippen LogP contribution in [0.1, 0.15) is 0 Å². The molecule has 0 amide bonds. The van der Waals surface area contributed by atoms with Crippen molar-refractivity contribution in [3.63, 3.8) is 0 Å². The van der Waals surface area contributed by atoms with E-state index in [4.69, 9.17) is 21.1 Å². The SMILES string of the molecule is COc1cc2ncnc(Nc3cccc(S(=O)(=O)N(C)OC(=O)C(F)(F)F)c3)c2c(Cl)c1OC. The number of carbonyl (C=O) groups excluding carboxylic acids is 1. The summed E-state index contributed by atoms with van der Waals surface area (Å²) < 4.78 is 72.8. The van der Waals surface area contributed by atoms with Crippen LogP contribution in [0.4, 0.5) is 24.7 Å². The second-order valence-electron chi connectivity index (χ2n) is 6.49. The van der Waals surface area contributed by atoms with Crippen LogP contribution in [0, 0.1) is 0 Å². The molecule has 3 rings (SSSR count). The number of alkyl halides is 3. The minimum Gasteiger partial charge on any atom is -0.493 e. The number of nitrogens with one attached hydrogen (secondary N) is 1. The Kier molecular flexibility index (Phi) is 7.05. The van der Waals surface area contributed by atoms with Gasteiger partial charge in [-0.2, -0.15) is 13.2 Å². The van der Waals surface area contributed by atoms with Gasteiger partial charge in [-0.05, 0) is 22.7 Å². The number of rotatable bonds is 7. The summed E-state index contributed by atoms with van der Waals surface area (Å²) in [6.45, 7) is 0. The third-order valence-electron chi connectivity index (χ3n) is 4.39. The van der Waals surface area contributed by atoms with Crippen molar-refractivity contribution in [3.8, 4) is 11.5 Å². The molecule has 2 aromatic carbocycles. The zero-order valence-corrected chi connectivity index (χ0v) is 19.2. The van der Waals surface area contributed by atoms with Crippen LogP contribution in [0.25, 0.3) is 10.9 Å². The molecule has 1 heterocycles. The van der Waals surface area contributed by atoms with E-state index < -0.39 is 27.1 Å². The summed E-state index contributed by atoms with van der Waals surface area (Å²) in [5.41, 5.74) is 0.574. The number of hydrogen-bond acceptors (Lipinski definition) is 9. The Morgan fingerprint density at radius 3 is 2.47 bits per heavy atom. The molecule has 1 N–H and O–H groups in total. The first-order valence-corrected chi connectivity index (χ1v) is 10.9. The van der Waals surface area contributed by atoms with Crippen molar-refractivity contribution >= 4 is 50.0 Å². The summed E-state index contributed by atoms with van der Waals surface area (Å²) in [6.07, 6.45) is -4.14. The van der Waals surface area contributed by atoms with E-state index in [-0.39, 0.29) is 26.7 Å². The number of nitrogens with zero attached hydrogens (tertiary/aromatic N) is 3. The molecule has 34 heavy (non-hydrogen) atoms. The Morgan fingerprint density at radius 2 is 1.85 bits per heavy atom. The molecule has 0 saturated carbocycles. The maximum atomic E-state index is 12.6. The molecule has 1 aromatic heterocycles. The largest absolute Gasteiger partial charge is 0.493 e. The van der Waals surface area contributed by atoms with Gasteiger partial charge < -0.3 is 19.6 Å².